The number of nitrogens with zero attached hydrogens (tertiary/aromatic N) is 1. The number of methoxy groups -OCH3 is 2. The Morgan fingerprint density at radius 3 is 2.39 bits per heavy atom. The predicted molar refractivity (Wildman–Crippen MR) is 112 cm³/mol. The van der Waals surface area contributed by atoms with E-state index >= 15 is 0 Å². The van der Waals surface area contributed by atoms with Gasteiger partial charge in [0.15, 0.2) is 11.5 Å². The predicted octanol–water partition coefficient (Wildman–Crippen LogP) is 3.68. The summed E-state index contributed by atoms with van der Waals surface area (Å²) >= 11 is 0. The van der Waals surface area contributed by atoms with Crippen LogP contribution in [0, 0.1) is 5.82 Å². The lowest BCUT2D eigenvalue weighted by atomic mass is 9.94. The number of likely N-dealkylation sites (tertiary alicyclic amines) is 1. The zero-order valence-corrected chi connectivity index (χ0v) is 17.8. The molecule has 2 aromatic rings. The number of rotatable bonds is 7. The minimum Gasteiger partial charge on any atom is -0.507 e. The first-order valence-corrected chi connectivity index (χ1v) is 9.73. The third-order valence-corrected chi connectivity index (χ3v) is 5.06. The highest BCUT2D eigenvalue weighted by atomic mass is 19.1. The van der Waals surface area contributed by atoms with Crippen molar-refractivity contribution in [2.45, 2.75) is 19.4 Å². The van der Waals surface area contributed by atoms with Crippen molar-refractivity contribution in [3.05, 3.63) is 58.9 Å². The molecular weight excluding hydrogens is 405 g/mol. The summed E-state index contributed by atoms with van der Waals surface area (Å²) in [7, 11) is 4.31. The molecule has 1 atom stereocenters. The van der Waals surface area contributed by atoms with Crippen LogP contribution in [0.15, 0.2) is 42.0 Å². The first kappa shape index (κ1) is 22.1. The molecule has 1 N–H and O–H groups in total. The molecule has 2 aromatic carbocycles. The van der Waals surface area contributed by atoms with Crippen LogP contribution in [0.3, 0.4) is 0 Å². The molecule has 7 nitrogen and oxygen atoms in total. The SMILES string of the molecule is CCCOc1ccc(C2/C(=C(\O)c3cc(F)ccc3OC)C(=O)C(=O)N2C)cc1OC. The lowest BCUT2D eigenvalue weighted by molar-refractivity contribution is -0.139. The van der Waals surface area contributed by atoms with Crippen molar-refractivity contribution < 1.29 is 33.3 Å². The summed E-state index contributed by atoms with van der Waals surface area (Å²) in [4.78, 5) is 26.5. The maximum absolute atomic E-state index is 13.9. The molecule has 1 amide bonds. The van der Waals surface area contributed by atoms with E-state index in [1.54, 1.807) is 18.2 Å². The number of hydrogen-bond donors (Lipinski definition) is 1. The number of ether oxygens (including phenoxy) is 3. The number of carbonyl (C=O) groups excluding carboxylic acids is 2. The molecule has 0 bridgehead atoms. The lowest BCUT2D eigenvalue weighted by Crippen LogP contribution is -2.24. The van der Waals surface area contributed by atoms with Crippen molar-refractivity contribution in [2.75, 3.05) is 27.9 Å². The van der Waals surface area contributed by atoms with Gasteiger partial charge in [-0.05, 0) is 42.3 Å². The summed E-state index contributed by atoms with van der Waals surface area (Å²) in [5.74, 6) is -1.69. The van der Waals surface area contributed by atoms with Crippen LogP contribution >= 0.6 is 0 Å². The van der Waals surface area contributed by atoms with Gasteiger partial charge in [-0.3, -0.25) is 9.59 Å². The van der Waals surface area contributed by atoms with E-state index in [9.17, 15) is 19.1 Å². The number of aliphatic hydroxyl groups excluding tert-OH is 1. The van der Waals surface area contributed by atoms with E-state index < -0.39 is 29.3 Å². The largest absolute Gasteiger partial charge is 0.507 e. The number of amides is 1. The highest BCUT2D eigenvalue weighted by molar-refractivity contribution is 6.46. The third kappa shape index (κ3) is 4.05. The Hall–Kier alpha value is -3.55. The van der Waals surface area contributed by atoms with E-state index in [4.69, 9.17) is 14.2 Å². The highest BCUT2D eigenvalue weighted by Crippen LogP contribution is 2.42. The smallest absolute Gasteiger partial charge is 0.295 e. The summed E-state index contributed by atoms with van der Waals surface area (Å²) in [6, 6.07) is 7.68. The topological polar surface area (TPSA) is 85.3 Å². The fraction of sp³-hybridized carbons (Fsp3) is 0.304. The van der Waals surface area contributed by atoms with Crippen molar-refractivity contribution in [3.63, 3.8) is 0 Å². The molecular formula is C23H24FNO6. The van der Waals surface area contributed by atoms with Gasteiger partial charge in [0.2, 0.25) is 0 Å². The number of hydrogen-bond acceptors (Lipinski definition) is 6. The van der Waals surface area contributed by atoms with E-state index in [0.717, 1.165) is 12.5 Å². The van der Waals surface area contributed by atoms with Crippen LogP contribution < -0.4 is 14.2 Å². The quantitative estimate of drug-likeness (QED) is 0.411. The van der Waals surface area contributed by atoms with Crippen LogP contribution in [0.25, 0.3) is 5.76 Å². The van der Waals surface area contributed by atoms with Crippen LogP contribution in [0.5, 0.6) is 17.2 Å². The molecule has 0 aliphatic carbocycles. The number of halogens is 1. The van der Waals surface area contributed by atoms with E-state index in [1.165, 1.54) is 38.3 Å². The summed E-state index contributed by atoms with van der Waals surface area (Å²) < 4.78 is 30.1. The second-order valence-corrected chi connectivity index (χ2v) is 7.01. The molecule has 0 radical (unpaired) electrons. The molecule has 1 fully saturated rings. The zero-order valence-electron chi connectivity index (χ0n) is 17.8. The first-order valence-electron chi connectivity index (χ1n) is 9.73. The van der Waals surface area contributed by atoms with Gasteiger partial charge in [0.05, 0.1) is 38.0 Å². The summed E-state index contributed by atoms with van der Waals surface area (Å²) in [6.07, 6.45) is 0.815. The van der Waals surface area contributed by atoms with Crippen molar-refractivity contribution in [1.82, 2.24) is 4.90 Å². The van der Waals surface area contributed by atoms with Crippen molar-refractivity contribution in [3.8, 4) is 17.2 Å². The molecule has 0 spiro atoms. The van der Waals surface area contributed by atoms with Crippen LogP contribution in [0.4, 0.5) is 4.39 Å². The minimum atomic E-state index is -0.901. The van der Waals surface area contributed by atoms with E-state index in [-0.39, 0.29) is 16.9 Å². The summed E-state index contributed by atoms with van der Waals surface area (Å²) in [5.41, 5.74) is 0.341. The standard InChI is InChI=1S/C23H24FNO6/c1-5-10-31-17-8-6-13(11-18(17)30-4)20-19(22(27)23(28)25(20)2)21(26)15-12-14(24)7-9-16(15)29-3/h6-9,11-12,20,26H,5,10H2,1-4H3/b21-19+. The zero-order chi connectivity index (χ0) is 22.7. The Morgan fingerprint density at radius 1 is 1.06 bits per heavy atom. The van der Waals surface area contributed by atoms with Gasteiger partial charge in [0, 0.05) is 7.05 Å². The van der Waals surface area contributed by atoms with Crippen LogP contribution in [-0.4, -0.2) is 49.6 Å². The van der Waals surface area contributed by atoms with Crippen LogP contribution in [0.1, 0.15) is 30.5 Å². The second-order valence-electron chi connectivity index (χ2n) is 7.01. The average Bonchev–Trinajstić information content (AvgIpc) is 3.00. The van der Waals surface area contributed by atoms with Crippen molar-refractivity contribution in [2.24, 2.45) is 0 Å². The minimum absolute atomic E-state index is 0.0196. The van der Waals surface area contributed by atoms with Gasteiger partial charge in [0.1, 0.15) is 17.3 Å². The van der Waals surface area contributed by atoms with Gasteiger partial charge in [-0.2, -0.15) is 0 Å². The van der Waals surface area contributed by atoms with E-state index in [2.05, 4.69) is 0 Å². The third-order valence-electron chi connectivity index (χ3n) is 5.06. The van der Waals surface area contributed by atoms with E-state index in [1.807, 2.05) is 6.92 Å². The number of carbonyl (C=O) groups is 2. The Kier molecular flexibility index (Phi) is 6.48. The number of Topliss-reactive ketones (excluding diaryl/α,β-unsaturated/α-hetero) is 1. The van der Waals surface area contributed by atoms with Crippen molar-refractivity contribution >= 4 is 17.4 Å². The number of aliphatic hydroxyl groups is 1. The maximum atomic E-state index is 13.9. The van der Waals surface area contributed by atoms with Crippen LogP contribution in [-0.2, 0) is 9.59 Å². The molecule has 1 aliphatic heterocycles. The fourth-order valence-electron chi connectivity index (χ4n) is 3.53. The molecule has 0 saturated carbocycles. The normalized spacial score (nSPS) is 17.7. The maximum Gasteiger partial charge on any atom is 0.295 e. The molecule has 3 rings (SSSR count). The van der Waals surface area contributed by atoms with Gasteiger partial charge >= 0.3 is 0 Å². The van der Waals surface area contributed by atoms with Gasteiger partial charge in [-0.15, -0.1) is 0 Å². The second kappa shape index (κ2) is 9.07. The van der Waals surface area contributed by atoms with Gasteiger partial charge < -0.3 is 24.2 Å². The molecule has 0 aromatic heterocycles. The van der Waals surface area contributed by atoms with Gasteiger partial charge in [-0.25, -0.2) is 4.39 Å². The Balaban J connectivity index is 2.17. The molecule has 8 heteroatoms. The number of likely N-dealkylation sites (N-methyl/N-ethyl adjacent to an activating group) is 1. The molecule has 1 aliphatic rings. The van der Waals surface area contributed by atoms with Crippen LogP contribution in [0.2, 0.25) is 0 Å². The molecule has 164 valence electrons. The molecule has 1 unspecified atom stereocenters. The molecule has 1 heterocycles. The van der Waals surface area contributed by atoms with Gasteiger partial charge in [-0.1, -0.05) is 13.0 Å². The van der Waals surface area contributed by atoms with Gasteiger partial charge in [0.25, 0.3) is 11.7 Å². The Morgan fingerprint density at radius 2 is 1.74 bits per heavy atom. The Bertz CT molecular complexity index is 1050. The monoisotopic (exact) mass is 429 g/mol. The summed E-state index contributed by atoms with van der Waals surface area (Å²) in [6.45, 7) is 2.48. The molecule has 31 heavy (non-hydrogen) atoms. The van der Waals surface area contributed by atoms with Crippen molar-refractivity contribution in [1.29, 1.82) is 0 Å². The highest BCUT2D eigenvalue weighted by Gasteiger charge is 2.44. The number of benzene rings is 2. The molecule has 1 saturated heterocycles. The average molecular weight is 429 g/mol. The summed E-state index contributed by atoms with van der Waals surface area (Å²) in [5, 5.41) is 11.0. The first-order chi connectivity index (χ1) is 14.8. The lowest BCUT2D eigenvalue weighted by Gasteiger charge is -2.22. The fourth-order valence-corrected chi connectivity index (χ4v) is 3.53. The Labute approximate surface area is 179 Å². The number of ketones is 1. The van der Waals surface area contributed by atoms with E-state index in [0.29, 0.717) is 23.7 Å².